The Hall–Kier alpha value is 0.650. The van der Waals surface area contributed by atoms with Crippen LogP contribution in [0.25, 0.3) is 0 Å². The normalized spacial score (nSPS) is 24.9. The molecule has 0 aromatic heterocycles. The van der Waals surface area contributed by atoms with Crippen molar-refractivity contribution in [2.75, 3.05) is 11.5 Å². The van der Waals surface area contributed by atoms with Crippen molar-refractivity contribution >= 4 is 59.6 Å². The van der Waals surface area contributed by atoms with Crippen LogP contribution in [0.15, 0.2) is 0 Å². The average Bonchev–Trinajstić information content (AvgIpc) is 2.23. The molecule has 1 fully saturated rings. The van der Waals surface area contributed by atoms with Crippen molar-refractivity contribution in [1.82, 2.24) is 0 Å². The third-order valence-electron chi connectivity index (χ3n) is 2.02. The molecule has 0 saturated carbocycles. The molecule has 19 heavy (non-hydrogen) atoms. The predicted molar refractivity (Wildman–Crippen MR) is 67.3 cm³/mol. The zero-order chi connectivity index (χ0) is 12.1. The van der Waals surface area contributed by atoms with E-state index in [0.29, 0.717) is 0 Å². The van der Waals surface area contributed by atoms with Gasteiger partial charge in [0.1, 0.15) is 10.5 Å². The summed E-state index contributed by atoms with van der Waals surface area (Å²) in [6.07, 6.45) is 0. The van der Waals surface area contributed by atoms with Gasteiger partial charge in [0.25, 0.3) is 20.2 Å². The van der Waals surface area contributed by atoms with E-state index in [2.05, 4.69) is 0 Å². The van der Waals surface area contributed by atoms with Gasteiger partial charge in [-0.25, -0.2) is 8.42 Å². The SMILES string of the molecule is O.O.O.O=S1(=O)CC(S(=O)(=O)O)C(S(=O)(=O)O)C1.[NaH]. The summed E-state index contributed by atoms with van der Waals surface area (Å²) < 4.78 is 82.0. The van der Waals surface area contributed by atoms with E-state index in [-0.39, 0.29) is 46.0 Å². The summed E-state index contributed by atoms with van der Waals surface area (Å²) in [5.41, 5.74) is 0. The molecule has 0 spiro atoms. The van der Waals surface area contributed by atoms with Gasteiger partial charge in [0.2, 0.25) is 0 Å². The minimum absolute atomic E-state index is 0. The van der Waals surface area contributed by atoms with Crippen LogP contribution in [0.4, 0.5) is 0 Å². The van der Waals surface area contributed by atoms with Crippen molar-refractivity contribution in [2.24, 2.45) is 0 Å². The maximum absolute atomic E-state index is 11.0. The Morgan fingerprint density at radius 2 is 1.00 bits per heavy atom. The first kappa shape index (κ1) is 27.9. The first-order chi connectivity index (χ1) is 6.43. The molecular formula is C4H15NaO11S3. The van der Waals surface area contributed by atoms with Gasteiger partial charge in [-0.2, -0.15) is 16.8 Å². The van der Waals surface area contributed by atoms with Crippen molar-refractivity contribution in [3.63, 3.8) is 0 Å². The number of rotatable bonds is 2. The predicted octanol–water partition coefficient (Wildman–Crippen LogP) is -5.19. The van der Waals surface area contributed by atoms with Crippen LogP contribution in [0, 0.1) is 0 Å². The van der Waals surface area contributed by atoms with Crippen molar-refractivity contribution in [3.05, 3.63) is 0 Å². The van der Waals surface area contributed by atoms with Crippen LogP contribution in [0.3, 0.4) is 0 Å². The molecule has 1 saturated heterocycles. The number of hydrogen-bond acceptors (Lipinski definition) is 6. The summed E-state index contributed by atoms with van der Waals surface area (Å²) in [5.74, 6) is -2.01. The van der Waals surface area contributed by atoms with Crippen LogP contribution in [0.1, 0.15) is 0 Å². The second-order valence-corrected chi connectivity index (χ2v) is 8.61. The molecule has 8 N–H and O–H groups in total. The molecule has 1 heterocycles. The van der Waals surface area contributed by atoms with Gasteiger partial charge in [0.15, 0.2) is 9.84 Å². The van der Waals surface area contributed by atoms with E-state index >= 15 is 0 Å². The Kier molecular flexibility index (Phi) is 12.0. The maximum atomic E-state index is 11.0. The molecule has 1 aliphatic rings. The van der Waals surface area contributed by atoms with E-state index in [0.717, 1.165) is 0 Å². The van der Waals surface area contributed by atoms with Gasteiger partial charge in [-0.15, -0.1) is 0 Å². The fraction of sp³-hybridized carbons (Fsp3) is 1.00. The number of hydrogen-bond donors (Lipinski definition) is 2. The fourth-order valence-corrected chi connectivity index (χ4v) is 7.61. The summed E-state index contributed by atoms with van der Waals surface area (Å²) in [6, 6.07) is 0. The number of sulfone groups is 1. The van der Waals surface area contributed by atoms with Crippen LogP contribution in [-0.2, 0) is 30.1 Å². The molecule has 0 aromatic rings. The topological polar surface area (TPSA) is 237 Å². The van der Waals surface area contributed by atoms with Gasteiger partial charge < -0.3 is 16.4 Å². The van der Waals surface area contributed by atoms with Gasteiger partial charge in [-0.1, -0.05) is 0 Å². The van der Waals surface area contributed by atoms with E-state index in [9.17, 15) is 25.3 Å². The van der Waals surface area contributed by atoms with Crippen molar-refractivity contribution in [2.45, 2.75) is 10.5 Å². The van der Waals surface area contributed by atoms with Crippen molar-refractivity contribution in [3.8, 4) is 0 Å². The van der Waals surface area contributed by atoms with E-state index in [1.165, 1.54) is 0 Å². The summed E-state index contributed by atoms with van der Waals surface area (Å²) in [4.78, 5) is 0. The van der Waals surface area contributed by atoms with Gasteiger partial charge in [0.05, 0.1) is 11.5 Å². The molecule has 0 bridgehead atoms. The molecule has 2 unspecified atom stereocenters. The molecule has 116 valence electrons. The molecular weight excluding hydrogens is 343 g/mol. The Balaban J connectivity index is -0.000000281. The third kappa shape index (κ3) is 7.28. The van der Waals surface area contributed by atoms with Gasteiger partial charge >= 0.3 is 29.6 Å². The van der Waals surface area contributed by atoms with Crippen LogP contribution in [0.2, 0.25) is 0 Å². The Morgan fingerprint density at radius 3 is 1.16 bits per heavy atom. The first-order valence-corrected chi connectivity index (χ1v) is 8.39. The Morgan fingerprint density at radius 1 is 0.789 bits per heavy atom. The fourth-order valence-electron chi connectivity index (χ4n) is 1.34. The first-order valence-electron chi connectivity index (χ1n) is 3.56. The summed E-state index contributed by atoms with van der Waals surface area (Å²) in [7, 11) is -13.5. The Bertz CT molecular complexity index is 513. The molecule has 1 aliphatic heterocycles. The second kappa shape index (κ2) is 8.18. The quantitative estimate of drug-likeness (QED) is 0.356. The van der Waals surface area contributed by atoms with E-state index in [4.69, 9.17) is 9.11 Å². The summed E-state index contributed by atoms with van der Waals surface area (Å²) >= 11 is 0. The van der Waals surface area contributed by atoms with Gasteiger partial charge in [-0.3, -0.25) is 9.11 Å². The molecule has 0 amide bonds. The molecule has 15 heteroatoms. The van der Waals surface area contributed by atoms with E-state index in [1.54, 1.807) is 0 Å². The van der Waals surface area contributed by atoms with Gasteiger partial charge in [0, 0.05) is 0 Å². The molecule has 11 nitrogen and oxygen atoms in total. The minimum atomic E-state index is -4.82. The zero-order valence-corrected chi connectivity index (χ0v) is 11.1. The third-order valence-corrected chi connectivity index (χ3v) is 6.87. The Labute approximate surface area is 132 Å². The molecule has 0 aliphatic carbocycles. The molecule has 0 aromatic carbocycles. The average molecular weight is 358 g/mol. The van der Waals surface area contributed by atoms with E-state index in [1.807, 2.05) is 0 Å². The van der Waals surface area contributed by atoms with Gasteiger partial charge in [-0.05, 0) is 0 Å². The zero-order valence-electron chi connectivity index (χ0n) is 8.64. The van der Waals surface area contributed by atoms with Crippen LogP contribution in [-0.4, -0.2) is 102 Å². The van der Waals surface area contributed by atoms with Crippen LogP contribution >= 0.6 is 0 Å². The second-order valence-electron chi connectivity index (χ2n) is 3.18. The monoisotopic (exact) mass is 358 g/mol. The molecule has 0 radical (unpaired) electrons. The van der Waals surface area contributed by atoms with Crippen LogP contribution < -0.4 is 0 Å². The molecule has 2 atom stereocenters. The van der Waals surface area contributed by atoms with Crippen molar-refractivity contribution < 1.29 is 50.8 Å². The summed E-state index contributed by atoms with van der Waals surface area (Å²) in [5, 5.41) is -4.03. The standard InChI is InChI=1S/C4H8O8S3.Na.3H2O.H/c5-13(6)1-3(14(7,8)9)4(2-13)15(10,11)12;;;;;/h3-4H,1-2H2,(H,7,8,9)(H,10,11,12);;3*1H2;. The summed E-state index contributed by atoms with van der Waals surface area (Å²) in [6.45, 7) is 0. The van der Waals surface area contributed by atoms with Crippen molar-refractivity contribution in [1.29, 1.82) is 0 Å². The van der Waals surface area contributed by atoms with Crippen LogP contribution in [0.5, 0.6) is 0 Å². The van der Waals surface area contributed by atoms with E-state index < -0.39 is 52.1 Å². The molecule has 1 rings (SSSR count).